The van der Waals surface area contributed by atoms with Gasteiger partial charge in [-0.15, -0.1) is 0 Å². The topological polar surface area (TPSA) is 16.1 Å². The lowest BCUT2D eigenvalue weighted by Gasteiger charge is -2.18. The SMILES string of the molecule is [2H]C([2H])([2H])N1CC([2H])([2H])C([2H])([2H])[C@@]1([2H])c1cccnc1. The molecule has 2 nitrogen and oxygen atoms in total. The summed E-state index contributed by atoms with van der Waals surface area (Å²) in [5.74, 6) is 0. The molecule has 1 saturated heterocycles. The molecule has 0 saturated carbocycles. The number of pyridine rings is 1. The van der Waals surface area contributed by atoms with Gasteiger partial charge in [-0.2, -0.15) is 0 Å². The Hall–Kier alpha value is -0.890. The van der Waals surface area contributed by atoms with Crippen molar-refractivity contribution >= 4 is 0 Å². The third-order valence-electron chi connectivity index (χ3n) is 1.65. The molecule has 12 heavy (non-hydrogen) atoms. The Balaban J connectivity index is 2.67. The molecule has 2 heteroatoms. The maximum absolute atomic E-state index is 8.40. The molecule has 0 spiro atoms. The molecule has 2 rings (SSSR count). The molecular weight excluding hydrogens is 148 g/mol. The molecule has 0 aromatic carbocycles. The summed E-state index contributed by atoms with van der Waals surface area (Å²) in [6.07, 6.45) is -2.53. The predicted molar refractivity (Wildman–Crippen MR) is 48.8 cm³/mol. The Morgan fingerprint density at radius 1 is 1.92 bits per heavy atom. The fourth-order valence-electron chi connectivity index (χ4n) is 1.08. The van der Waals surface area contributed by atoms with Crippen molar-refractivity contribution in [3.8, 4) is 0 Å². The van der Waals surface area contributed by atoms with Crippen molar-refractivity contribution in [2.24, 2.45) is 0 Å². The van der Waals surface area contributed by atoms with Crippen LogP contribution in [0, 0.1) is 0 Å². The fourth-order valence-corrected chi connectivity index (χ4v) is 1.08. The van der Waals surface area contributed by atoms with E-state index in [1.807, 2.05) is 0 Å². The molecule has 1 aromatic heterocycles. The van der Waals surface area contributed by atoms with Crippen molar-refractivity contribution in [2.75, 3.05) is 13.5 Å². The second-order valence-corrected chi connectivity index (χ2v) is 2.48. The zero-order valence-corrected chi connectivity index (χ0v) is 6.41. The van der Waals surface area contributed by atoms with Gasteiger partial charge in [0.15, 0.2) is 0 Å². The molecular formula is C10H14N2. The first kappa shape index (κ1) is 2.81. The molecule has 1 aliphatic heterocycles. The average molecular weight is 170 g/mol. The third-order valence-corrected chi connectivity index (χ3v) is 1.65. The van der Waals surface area contributed by atoms with Gasteiger partial charge < -0.3 is 0 Å². The molecule has 2 heterocycles. The second-order valence-electron chi connectivity index (χ2n) is 2.48. The Morgan fingerprint density at radius 2 is 2.92 bits per heavy atom. The lowest BCUT2D eigenvalue weighted by Crippen LogP contribution is -2.17. The largest absolute Gasteiger partial charge is 0.299 e. The van der Waals surface area contributed by atoms with Crippen LogP contribution in [0.3, 0.4) is 0 Å². The van der Waals surface area contributed by atoms with Crippen molar-refractivity contribution in [1.29, 1.82) is 0 Å². The van der Waals surface area contributed by atoms with Crippen LogP contribution in [0.15, 0.2) is 24.5 Å². The quantitative estimate of drug-likeness (QED) is 0.639. The van der Waals surface area contributed by atoms with E-state index < -0.39 is 32.3 Å². The molecule has 1 aliphatic rings. The van der Waals surface area contributed by atoms with E-state index in [0.717, 1.165) is 0 Å². The summed E-state index contributed by atoms with van der Waals surface area (Å²) < 4.78 is 62.3. The van der Waals surface area contributed by atoms with Crippen LogP contribution >= 0.6 is 0 Å². The Kier molecular flexibility index (Phi) is 0.756. The Morgan fingerprint density at radius 3 is 3.67 bits per heavy atom. The van der Waals surface area contributed by atoms with Gasteiger partial charge >= 0.3 is 0 Å². The van der Waals surface area contributed by atoms with Gasteiger partial charge in [0.2, 0.25) is 0 Å². The summed E-state index contributed by atoms with van der Waals surface area (Å²) in [4.78, 5) is 4.37. The van der Waals surface area contributed by atoms with Crippen LogP contribution < -0.4 is 0 Å². The lowest BCUT2D eigenvalue weighted by atomic mass is 10.1. The minimum atomic E-state index is -2.78. The van der Waals surface area contributed by atoms with Crippen LogP contribution in [0.4, 0.5) is 0 Å². The van der Waals surface area contributed by atoms with E-state index in [9.17, 15) is 0 Å². The van der Waals surface area contributed by atoms with Crippen molar-refractivity contribution in [3.05, 3.63) is 30.1 Å². The van der Waals surface area contributed by atoms with Crippen LogP contribution in [-0.2, 0) is 0 Å². The van der Waals surface area contributed by atoms with Crippen molar-refractivity contribution in [3.63, 3.8) is 0 Å². The summed E-state index contributed by atoms with van der Waals surface area (Å²) in [6, 6.07) is 0.487. The summed E-state index contributed by atoms with van der Waals surface area (Å²) in [6.45, 7) is -3.47. The molecule has 0 radical (unpaired) electrons. The zero-order chi connectivity index (χ0) is 15.4. The number of hydrogen-bond donors (Lipinski definition) is 0. The number of likely N-dealkylation sites (tertiary alicyclic amines) is 1. The molecule has 0 bridgehead atoms. The first-order valence-electron chi connectivity index (χ1n) is 7.63. The predicted octanol–water partition coefficient (Wildman–Crippen LogP) is 1.85. The highest BCUT2D eigenvalue weighted by Gasteiger charge is 2.21. The smallest absolute Gasteiger partial charge is 0.0519 e. The highest BCUT2D eigenvalue weighted by atomic mass is 15.1. The van der Waals surface area contributed by atoms with Gasteiger partial charge in [0.25, 0.3) is 0 Å². The molecule has 0 amide bonds. The van der Waals surface area contributed by atoms with Gasteiger partial charge in [0.1, 0.15) is 0 Å². The summed E-state index contributed by atoms with van der Waals surface area (Å²) in [5.41, 5.74) is 0.0162. The van der Waals surface area contributed by atoms with Crippen molar-refractivity contribution in [2.45, 2.75) is 18.8 Å². The zero-order valence-electron chi connectivity index (χ0n) is 14.4. The standard InChI is InChI=1S/C10H14N2/c1-12-7-3-5-10(12)9-4-2-6-11-8-9/h2,4,6,8,10H,3,5,7H2,1H3/t10-/m0/s1/i1D3,3D2,5D2,10D. The molecule has 1 fully saturated rings. The highest BCUT2D eigenvalue weighted by molar-refractivity contribution is 5.14. The van der Waals surface area contributed by atoms with E-state index in [1.165, 1.54) is 24.5 Å². The maximum Gasteiger partial charge on any atom is 0.0519 e. The van der Waals surface area contributed by atoms with E-state index in [1.54, 1.807) is 0 Å². The average Bonchev–Trinajstić information content (AvgIpc) is 2.48. The number of aromatic nitrogens is 1. The molecule has 0 unspecified atom stereocenters. The minimum absolute atomic E-state index is 0.0162. The fraction of sp³-hybridized carbons (Fsp3) is 0.500. The summed E-state index contributed by atoms with van der Waals surface area (Å²) in [7, 11) is 0. The monoisotopic (exact) mass is 170 g/mol. The van der Waals surface area contributed by atoms with E-state index in [-0.39, 0.29) is 5.56 Å². The van der Waals surface area contributed by atoms with Gasteiger partial charge in [0, 0.05) is 28.0 Å². The minimum Gasteiger partial charge on any atom is -0.299 e. The third kappa shape index (κ3) is 1.34. The van der Waals surface area contributed by atoms with Gasteiger partial charge in [-0.3, -0.25) is 9.88 Å². The van der Waals surface area contributed by atoms with Gasteiger partial charge in [-0.1, -0.05) is 6.07 Å². The van der Waals surface area contributed by atoms with Crippen molar-refractivity contribution in [1.82, 2.24) is 9.88 Å². The number of hydrogen-bond acceptors (Lipinski definition) is 2. The summed E-state index contributed by atoms with van der Waals surface area (Å²) in [5, 5.41) is 0. The van der Waals surface area contributed by atoms with Gasteiger partial charge in [-0.25, -0.2) is 0 Å². The maximum atomic E-state index is 8.40. The first-order chi connectivity index (χ1) is 8.94. The molecule has 1 aromatic rings. The van der Waals surface area contributed by atoms with Gasteiger partial charge in [0.05, 0.1) is 1.37 Å². The lowest BCUT2D eigenvalue weighted by molar-refractivity contribution is 0.317. The first-order valence-corrected chi connectivity index (χ1v) is 3.63. The number of nitrogens with zero attached hydrogens (tertiary/aromatic N) is 2. The normalized spacial score (nSPS) is 50.0. The molecule has 0 aliphatic carbocycles. The summed E-state index contributed by atoms with van der Waals surface area (Å²) >= 11 is 0. The van der Waals surface area contributed by atoms with Gasteiger partial charge in [-0.05, 0) is 37.9 Å². The van der Waals surface area contributed by atoms with Crippen LogP contribution in [0.2, 0.25) is 0 Å². The van der Waals surface area contributed by atoms with Crippen molar-refractivity contribution < 1.29 is 11.0 Å². The highest BCUT2D eigenvalue weighted by Crippen LogP contribution is 2.29. The Bertz CT molecular complexity index is 500. The number of rotatable bonds is 1. The molecule has 1 atom stereocenters. The Labute approximate surface area is 84.5 Å². The second kappa shape index (κ2) is 3.23. The molecule has 0 N–H and O–H groups in total. The van der Waals surface area contributed by atoms with Crippen LogP contribution in [-0.4, -0.2) is 23.4 Å². The van der Waals surface area contributed by atoms with E-state index in [4.69, 9.17) is 11.0 Å². The van der Waals surface area contributed by atoms with E-state index in [0.29, 0.717) is 4.90 Å². The van der Waals surface area contributed by atoms with E-state index in [2.05, 4.69) is 4.98 Å². The van der Waals surface area contributed by atoms with E-state index >= 15 is 0 Å². The van der Waals surface area contributed by atoms with Crippen LogP contribution in [0.1, 0.15) is 35.3 Å². The van der Waals surface area contributed by atoms with Crippen LogP contribution in [0.5, 0.6) is 0 Å². The molecule has 64 valence electrons. The van der Waals surface area contributed by atoms with Crippen LogP contribution in [0.25, 0.3) is 0 Å².